The molecule has 2 rings (SSSR count). The van der Waals surface area contributed by atoms with Gasteiger partial charge in [-0.3, -0.25) is 10.1 Å². The second-order valence-electron chi connectivity index (χ2n) is 5.12. The van der Waals surface area contributed by atoms with Crippen LogP contribution in [-0.4, -0.2) is 25.0 Å². The molecule has 0 atom stereocenters. The summed E-state index contributed by atoms with van der Waals surface area (Å²) in [6, 6.07) is 7.50. The van der Waals surface area contributed by atoms with Gasteiger partial charge in [-0.1, -0.05) is 13.8 Å². The fourth-order valence-corrected chi connectivity index (χ4v) is 2.51. The minimum absolute atomic E-state index is 0.125. The minimum Gasteiger partial charge on any atom is -0.378 e. The van der Waals surface area contributed by atoms with Crippen molar-refractivity contribution in [3.05, 3.63) is 40.9 Å². The van der Waals surface area contributed by atoms with Crippen molar-refractivity contribution in [2.24, 2.45) is 0 Å². The average molecular weight is 289 g/mol. The zero-order valence-electron chi connectivity index (χ0n) is 12.2. The molecule has 106 valence electrons. The first kappa shape index (κ1) is 14.5. The molecule has 0 fully saturated rings. The second-order valence-corrected chi connectivity index (χ2v) is 6.18. The number of aromatic nitrogens is 1. The third-order valence-electron chi connectivity index (χ3n) is 2.96. The molecule has 0 bridgehead atoms. The van der Waals surface area contributed by atoms with Crippen molar-refractivity contribution in [1.82, 2.24) is 4.98 Å². The number of hydrogen-bond donors (Lipinski definition) is 1. The smallest absolute Gasteiger partial charge is 0.257 e. The monoisotopic (exact) mass is 289 g/mol. The molecule has 0 aliphatic heterocycles. The van der Waals surface area contributed by atoms with Crippen LogP contribution in [0.4, 0.5) is 10.8 Å². The van der Waals surface area contributed by atoms with Gasteiger partial charge in [-0.15, -0.1) is 11.3 Å². The lowest BCUT2D eigenvalue weighted by atomic mass is 10.2. The summed E-state index contributed by atoms with van der Waals surface area (Å²) in [6.45, 7) is 4.22. The zero-order chi connectivity index (χ0) is 14.7. The molecule has 0 saturated carbocycles. The van der Waals surface area contributed by atoms with Gasteiger partial charge < -0.3 is 4.90 Å². The highest BCUT2D eigenvalue weighted by molar-refractivity contribution is 7.15. The predicted molar refractivity (Wildman–Crippen MR) is 84.9 cm³/mol. The first-order chi connectivity index (χ1) is 9.47. The Hall–Kier alpha value is -1.88. The van der Waals surface area contributed by atoms with E-state index in [1.807, 2.05) is 49.5 Å². The van der Waals surface area contributed by atoms with E-state index in [1.54, 1.807) is 0 Å². The summed E-state index contributed by atoms with van der Waals surface area (Å²) in [5.41, 5.74) is 1.70. The van der Waals surface area contributed by atoms with E-state index < -0.39 is 0 Å². The predicted octanol–water partition coefficient (Wildman–Crippen LogP) is 3.58. The van der Waals surface area contributed by atoms with Gasteiger partial charge in [0.2, 0.25) is 0 Å². The van der Waals surface area contributed by atoms with Crippen molar-refractivity contribution >= 4 is 28.1 Å². The fraction of sp³-hybridized carbons (Fsp3) is 0.333. The molecular weight excluding hydrogens is 270 g/mol. The zero-order valence-corrected chi connectivity index (χ0v) is 13.0. The summed E-state index contributed by atoms with van der Waals surface area (Å²) < 4.78 is 0. The van der Waals surface area contributed by atoms with Crippen LogP contribution in [0.2, 0.25) is 0 Å². The molecular formula is C15H19N3OS. The van der Waals surface area contributed by atoms with Crippen molar-refractivity contribution in [3.63, 3.8) is 0 Å². The minimum atomic E-state index is -0.125. The number of hydrogen-bond acceptors (Lipinski definition) is 4. The molecule has 0 radical (unpaired) electrons. The van der Waals surface area contributed by atoms with Crippen LogP contribution in [0.5, 0.6) is 0 Å². The van der Waals surface area contributed by atoms with Crippen molar-refractivity contribution in [2.75, 3.05) is 24.3 Å². The highest BCUT2D eigenvalue weighted by Gasteiger charge is 2.10. The van der Waals surface area contributed by atoms with Crippen molar-refractivity contribution in [1.29, 1.82) is 0 Å². The molecule has 1 amide bonds. The largest absolute Gasteiger partial charge is 0.378 e. The van der Waals surface area contributed by atoms with Crippen LogP contribution in [0.1, 0.15) is 35.0 Å². The summed E-state index contributed by atoms with van der Waals surface area (Å²) in [4.78, 5) is 19.5. The number of nitrogens with zero attached hydrogens (tertiary/aromatic N) is 2. The van der Waals surface area contributed by atoms with E-state index in [-0.39, 0.29) is 5.91 Å². The second kappa shape index (κ2) is 6.05. The molecule has 0 aliphatic carbocycles. The molecule has 1 heterocycles. The molecule has 1 aromatic heterocycles. The molecule has 1 N–H and O–H groups in total. The maximum atomic E-state index is 12.1. The van der Waals surface area contributed by atoms with Gasteiger partial charge in [0.05, 0.1) is 0 Å². The average Bonchev–Trinajstić information content (AvgIpc) is 2.87. The van der Waals surface area contributed by atoms with E-state index >= 15 is 0 Å². The highest BCUT2D eigenvalue weighted by Crippen LogP contribution is 2.25. The lowest BCUT2D eigenvalue weighted by Crippen LogP contribution is -2.12. The Labute approximate surface area is 123 Å². The molecule has 4 nitrogen and oxygen atoms in total. The molecule has 0 spiro atoms. The van der Waals surface area contributed by atoms with E-state index in [0.29, 0.717) is 16.6 Å². The molecule has 2 aromatic rings. The van der Waals surface area contributed by atoms with Gasteiger partial charge in [-0.25, -0.2) is 4.98 Å². The van der Waals surface area contributed by atoms with E-state index in [2.05, 4.69) is 24.1 Å². The first-order valence-corrected chi connectivity index (χ1v) is 7.33. The Kier molecular flexibility index (Phi) is 4.39. The van der Waals surface area contributed by atoms with Crippen molar-refractivity contribution < 1.29 is 4.79 Å². The van der Waals surface area contributed by atoms with Crippen LogP contribution in [0.15, 0.2) is 30.5 Å². The quantitative estimate of drug-likeness (QED) is 0.935. The summed E-state index contributed by atoms with van der Waals surface area (Å²) in [7, 11) is 3.94. The normalized spacial score (nSPS) is 10.7. The number of thiazole rings is 1. The fourth-order valence-electron chi connectivity index (χ4n) is 1.69. The van der Waals surface area contributed by atoms with Crippen LogP contribution in [0.3, 0.4) is 0 Å². The Bertz CT molecular complexity index is 587. The number of rotatable bonds is 4. The van der Waals surface area contributed by atoms with E-state index in [0.717, 1.165) is 5.69 Å². The van der Waals surface area contributed by atoms with Crippen LogP contribution >= 0.6 is 11.3 Å². The van der Waals surface area contributed by atoms with Crippen LogP contribution in [0.25, 0.3) is 0 Å². The Morgan fingerprint density at radius 3 is 2.40 bits per heavy atom. The van der Waals surface area contributed by atoms with Crippen LogP contribution in [0, 0.1) is 0 Å². The van der Waals surface area contributed by atoms with Crippen LogP contribution < -0.4 is 10.2 Å². The molecule has 1 aromatic carbocycles. The van der Waals surface area contributed by atoms with E-state index in [4.69, 9.17) is 0 Å². The lowest BCUT2D eigenvalue weighted by molar-refractivity contribution is 0.102. The summed E-state index contributed by atoms with van der Waals surface area (Å²) in [5, 5.41) is 3.49. The summed E-state index contributed by atoms with van der Waals surface area (Å²) in [6.07, 6.45) is 1.82. The van der Waals surface area contributed by atoms with Gasteiger partial charge in [0.25, 0.3) is 5.91 Å². The van der Waals surface area contributed by atoms with Gasteiger partial charge in [-0.05, 0) is 30.2 Å². The number of amides is 1. The summed E-state index contributed by atoms with van der Waals surface area (Å²) >= 11 is 1.52. The van der Waals surface area contributed by atoms with E-state index in [9.17, 15) is 4.79 Å². The number of nitrogens with one attached hydrogen (secondary N) is 1. The first-order valence-electron chi connectivity index (χ1n) is 6.52. The number of benzene rings is 1. The maximum Gasteiger partial charge on any atom is 0.257 e. The lowest BCUT2D eigenvalue weighted by Gasteiger charge is -2.12. The number of carbonyl (C=O) groups is 1. The molecule has 0 aliphatic rings. The Morgan fingerprint density at radius 1 is 1.25 bits per heavy atom. The third-order valence-corrected chi connectivity index (χ3v) is 4.17. The van der Waals surface area contributed by atoms with E-state index in [1.165, 1.54) is 16.2 Å². The van der Waals surface area contributed by atoms with Gasteiger partial charge in [-0.2, -0.15) is 0 Å². The highest BCUT2D eigenvalue weighted by atomic mass is 32.1. The molecule has 0 saturated heterocycles. The van der Waals surface area contributed by atoms with Gasteiger partial charge in [0.15, 0.2) is 5.13 Å². The topological polar surface area (TPSA) is 45.2 Å². The number of anilines is 2. The van der Waals surface area contributed by atoms with Crippen molar-refractivity contribution in [3.8, 4) is 0 Å². The Morgan fingerprint density at radius 2 is 1.90 bits per heavy atom. The van der Waals surface area contributed by atoms with Gasteiger partial charge in [0.1, 0.15) is 0 Å². The SMILES string of the molecule is CC(C)c1cnc(NC(=O)c2ccc(N(C)C)cc2)s1. The maximum absolute atomic E-state index is 12.1. The van der Waals surface area contributed by atoms with Gasteiger partial charge in [0, 0.05) is 36.4 Å². The van der Waals surface area contributed by atoms with Crippen molar-refractivity contribution in [2.45, 2.75) is 19.8 Å². The third kappa shape index (κ3) is 3.36. The standard InChI is InChI=1S/C15H19N3OS/c1-10(2)13-9-16-15(20-13)17-14(19)11-5-7-12(8-6-11)18(3)4/h5-10H,1-4H3,(H,16,17,19). The summed E-state index contributed by atoms with van der Waals surface area (Å²) in [5.74, 6) is 0.303. The molecule has 20 heavy (non-hydrogen) atoms. The Balaban J connectivity index is 2.07. The van der Waals surface area contributed by atoms with Gasteiger partial charge >= 0.3 is 0 Å². The van der Waals surface area contributed by atoms with Crippen LogP contribution in [-0.2, 0) is 0 Å². The molecule has 0 unspecified atom stereocenters. The number of carbonyl (C=O) groups excluding carboxylic acids is 1. The molecule has 5 heteroatoms.